The standard InChI is InChI=1S/C11H20S3/c1-2-6-10(7-3-1)12-14-13-11-8-4-5-9-11/h10-11H,1-9H2. The minimum absolute atomic E-state index is 0.975. The first-order valence-corrected chi connectivity index (χ1v) is 9.55. The highest BCUT2D eigenvalue weighted by atomic mass is 33.5. The molecule has 3 heteroatoms. The molecule has 14 heavy (non-hydrogen) atoms. The molecule has 82 valence electrons. The van der Waals surface area contributed by atoms with Crippen molar-refractivity contribution in [2.45, 2.75) is 68.3 Å². The molecule has 2 saturated carbocycles. The highest BCUT2D eigenvalue weighted by molar-refractivity contribution is 9.09. The second kappa shape index (κ2) is 6.59. The van der Waals surface area contributed by atoms with E-state index in [0.29, 0.717) is 0 Å². The fourth-order valence-electron chi connectivity index (χ4n) is 2.28. The highest BCUT2D eigenvalue weighted by Crippen LogP contribution is 2.47. The fraction of sp³-hybridized carbons (Fsp3) is 1.00. The molecule has 0 aromatic rings. The van der Waals surface area contributed by atoms with E-state index in [9.17, 15) is 0 Å². The highest BCUT2D eigenvalue weighted by Gasteiger charge is 2.18. The van der Waals surface area contributed by atoms with Gasteiger partial charge >= 0.3 is 0 Å². The molecule has 0 N–H and O–H groups in total. The second-order valence-corrected chi connectivity index (χ2v) is 9.07. The summed E-state index contributed by atoms with van der Waals surface area (Å²) in [4.78, 5) is 0. The van der Waals surface area contributed by atoms with Gasteiger partial charge in [-0.1, -0.05) is 53.7 Å². The molecule has 0 radical (unpaired) electrons. The Hall–Kier alpha value is 1.05. The van der Waals surface area contributed by atoms with Crippen LogP contribution in [0.4, 0.5) is 0 Å². The molecule has 2 rings (SSSR count). The molecule has 2 aliphatic carbocycles. The van der Waals surface area contributed by atoms with E-state index in [4.69, 9.17) is 0 Å². The van der Waals surface area contributed by atoms with E-state index < -0.39 is 0 Å². The zero-order valence-electron chi connectivity index (χ0n) is 8.74. The summed E-state index contributed by atoms with van der Waals surface area (Å²) in [6.07, 6.45) is 13.3. The van der Waals surface area contributed by atoms with Crippen LogP contribution in [0.3, 0.4) is 0 Å². The molecule has 0 atom stereocenters. The first-order chi connectivity index (χ1) is 6.95. The molecule has 0 nitrogen and oxygen atoms in total. The zero-order chi connectivity index (χ0) is 9.64. The lowest BCUT2D eigenvalue weighted by Gasteiger charge is -2.20. The molecule has 0 bridgehead atoms. The summed E-state index contributed by atoms with van der Waals surface area (Å²) in [7, 11) is 6.41. The van der Waals surface area contributed by atoms with E-state index in [1.54, 1.807) is 0 Å². The first kappa shape index (κ1) is 11.5. The van der Waals surface area contributed by atoms with E-state index in [1.165, 1.54) is 57.8 Å². The maximum Gasteiger partial charge on any atom is 0.0159 e. The van der Waals surface area contributed by atoms with Gasteiger partial charge in [0.2, 0.25) is 0 Å². The molecule has 0 heterocycles. The zero-order valence-corrected chi connectivity index (χ0v) is 11.2. The summed E-state index contributed by atoms with van der Waals surface area (Å²) in [6.45, 7) is 0. The van der Waals surface area contributed by atoms with Crippen molar-refractivity contribution in [3.8, 4) is 0 Å². The third kappa shape index (κ3) is 3.90. The third-order valence-electron chi connectivity index (χ3n) is 3.21. The lowest BCUT2D eigenvalue weighted by Crippen LogP contribution is -2.06. The first-order valence-electron chi connectivity index (χ1n) is 5.94. The predicted octanol–water partition coefficient (Wildman–Crippen LogP) is 5.29. The summed E-state index contributed by atoms with van der Waals surface area (Å²) in [5.41, 5.74) is 0. The molecule has 0 aliphatic heterocycles. The normalized spacial score (nSPS) is 25.7. The van der Waals surface area contributed by atoms with Crippen LogP contribution in [0.2, 0.25) is 0 Å². The Morgan fingerprint density at radius 3 is 1.50 bits per heavy atom. The molecular weight excluding hydrogens is 228 g/mol. The van der Waals surface area contributed by atoms with Gasteiger partial charge in [-0.05, 0) is 35.5 Å². The van der Waals surface area contributed by atoms with Gasteiger partial charge in [0.05, 0.1) is 0 Å². The topological polar surface area (TPSA) is 0 Å². The van der Waals surface area contributed by atoms with Crippen molar-refractivity contribution >= 4 is 31.4 Å². The molecule has 2 aliphatic rings. The monoisotopic (exact) mass is 248 g/mol. The van der Waals surface area contributed by atoms with E-state index in [2.05, 4.69) is 31.4 Å². The van der Waals surface area contributed by atoms with Gasteiger partial charge in [0.15, 0.2) is 0 Å². The lowest BCUT2D eigenvalue weighted by atomic mass is 10.0. The van der Waals surface area contributed by atoms with Gasteiger partial charge in [-0.25, -0.2) is 0 Å². The molecule has 0 spiro atoms. The van der Waals surface area contributed by atoms with E-state index in [1.807, 2.05) is 0 Å². The average Bonchev–Trinajstić information content (AvgIpc) is 2.72. The molecule has 0 unspecified atom stereocenters. The van der Waals surface area contributed by atoms with Gasteiger partial charge in [-0.2, -0.15) is 0 Å². The van der Waals surface area contributed by atoms with Crippen molar-refractivity contribution in [3.63, 3.8) is 0 Å². The maximum atomic E-state index is 2.16. The number of hydrogen-bond donors (Lipinski definition) is 0. The summed E-state index contributed by atoms with van der Waals surface area (Å²) in [5.74, 6) is 0. The van der Waals surface area contributed by atoms with Gasteiger partial charge in [0, 0.05) is 10.5 Å². The van der Waals surface area contributed by atoms with E-state index in [0.717, 1.165) is 10.5 Å². The average molecular weight is 248 g/mol. The van der Waals surface area contributed by atoms with Gasteiger partial charge in [0.25, 0.3) is 0 Å². The fourth-order valence-corrected chi connectivity index (χ4v) is 7.96. The summed E-state index contributed by atoms with van der Waals surface area (Å²) in [5, 5.41) is 1.96. The van der Waals surface area contributed by atoms with Gasteiger partial charge in [-0.15, -0.1) is 0 Å². The van der Waals surface area contributed by atoms with Gasteiger partial charge in [-0.3, -0.25) is 0 Å². The molecule has 2 fully saturated rings. The quantitative estimate of drug-likeness (QED) is 0.620. The van der Waals surface area contributed by atoms with Crippen LogP contribution in [-0.4, -0.2) is 10.5 Å². The van der Waals surface area contributed by atoms with Crippen LogP contribution >= 0.6 is 31.4 Å². The van der Waals surface area contributed by atoms with Crippen LogP contribution in [0, 0.1) is 0 Å². The van der Waals surface area contributed by atoms with Crippen LogP contribution < -0.4 is 0 Å². The van der Waals surface area contributed by atoms with Crippen molar-refractivity contribution in [2.24, 2.45) is 0 Å². The van der Waals surface area contributed by atoms with Crippen LogP contribution in [0.1, 0.15) is 57.8 Å². The van der Waals surface area contributed by atoms with Crippen LogP contribution in [0.15, 0.2) is 0 Å². The molecule has 0 amide bonds. The van der Waals surface area contributed by atoms with Crippen LogP contribution in [0.5, 0.6) is 0 Å². The Labute approximate surface area is 99.5 Å². The van der Waals surface area contributed by atoms with Crippen LogP contribution in [-0.2, 0) is 0 Å². The third-order valence-corrected chi connectivity index (χ3v) is 8.37. The van der Waals surface area contributed by atoms with Crippen molar-refractivity contribution in [1.82, 2.24) is 0 Å². The Kier molecular flexibility index (Phi) is 5.43. The summed E-state index contributed by atoms with van der Waals surface area (Å²) < 4.78 is 0. The maximum absolute atomic E-state index is 2.16. The molecule has 0 saturated heterocycles. The Bertz CT molecular complexity index is 149. The number of rotatable bonds is 4. The predicted molar refractivity (Wildman–Crippen MR) is 71.9 cm³/mol. The van der Waals surface area contributed by atoms with E-state index >= 15 is 0 Å². The van der Waals surface area contributed by atoms with Crippen molar-refractivity contribution < 1.29 is 0 Å². The van der Waals surface area contributed by atoms with E-state index in [-0.39, 0.29) is 0 Å². The molecular formula is C11H20S3. The summed E-state index contributed by atoms with van der Waals surface area (Å²) >= 11 is 0. The van der Waals surface area contributed by atoms with Gasteiger partial charge in [0.1, 0.15) is 0 Å². The molecule has 0 aromatic carbocycles. The van der Waals surface area contributed by atoms with Crippen molar-refractivity contribution in [2.75, 3.05) is 0 Å². The Morgan fingerprint density at radius 1 is 0.571 bits per heavy atom. The minimum Gasteiger partial charge on any atom is -0.0791 e. The lowest BCUT2D eigenvalue weighted by molar-refractivity contribution is 0.517. The Morgan fingerprint density at radius 2 is 1.00 bits per heavy atom. The van der Waals surface area contributed by atoms with Crippen molar-refractivity contribution in [3.05, 3.63) is 0 Å². The van der Waals surface area contributed by atoms with Gasteiger partial charge < -0.3 is 0 Å². The summed E-state index contributed by atoms with van der Waals surface area (Å²) in [6, 6.07) is 0. The SMILES string of the molecule is C1CCC(SSSC2CCCC2)CC1. The number of hydrogen-bond acceptors (Lipinski definition) is 3. The largest absolute Gasteiger partial charge is 0.0791 e. The van der Waals surface area contributed by atoms with Crippen molar-refractivity contribution in [1.29, 1.82) is 0 Å². The smallest absolute Gasteiger partial charge is 0.0159 e. The second-order valence-electron chi connectivity index (χ2n) is 4.43. The molecule has 0 aromatic heterocycles. The Balaban J connectivity index is 1.52. The van der Waals surface area contributed by atoms with Crippen LogP contribution in [0.25, 0.3) is 0 Å². The minimum atomic E-state index is 0.975.